The lowest BCUT2D eigenvalue weighted by molar-refractivity contribution is 1.28. The molecule has 0 aliphatic rings. The van der Waals surface area contributed by atoms with Crippen LogP contribution in [0.3, 0.4) is 0 Å². The number of aliphatic imine (C=N–C) groups is 1. The molecular weight excluding hydrogens is 306 g/mol. The van der Waals surface area contributed by atoms with Gasteiger partial charge >= 0.3 is 0 Å². The van der Waals surface area contributed by atoms with Crippen LogP contribution >= 0.6 is 11.8 Å². The molecule has 3 aromatic rings. The van der Waals surface area contributed by atoms with Gasteiger partial charge in [0.15, 0.2) is 11.4 Å². The number of aryl methyl sites for hydroxylation is 1. The number of aromatic nitrogens is 2. The van der Waals surface area contributed by atoms with Crippen LogP contribution in [0.25, 0.3) is 22.4 Å². The van der Waals surface area contributed by atoms with Gasteiger partial charge in [-0.25, -0.2) is 9.98 Å². The summed E-state index contributed by atoms with van der Waals surface area (Å²) in [6.07, 6.45) is 3.75. The number of H-pyrrole nitrogens is 1. The second kappa shape index (κ2) is 6.55. The minimum absolute atomic E-state index is 0.569. The van der Waals surface area contributed by atoms with Crippen LogP contribution in [0.5, 0.6) is 0 Å². The Morgan fingerprint density at radius 3 is 2.74 bits per heavy atom. The summed E-state index contributed by atoms with van der Waals surface area (Å²) in [5.74, 6) is 0.835. The van der Waals surface area contributed by atoms with Crippen LogP contribution in [0.4, 0.5) is 5.69 Å². The lowest BCUT2D eigenvalue weighted by Gasteiger charge is -2.01. The molecule has 1 heterocycles. The maximum absolute atomic E-state index is 8.66. The summed E-state index contributed by atoms with van der Waals surface area (Å²) in [7, 11) is 0. The molecule has 0 saturated heterocycles. The van der Waals surface area contributed by atoms with Gasteiger partial charge in [-0.3, -0.25) is 5.32 Å². The minimum Gasteiger partial charge on any atom is -0.338 e. The van der Waals surface area contributed by atoms with Crippen molar-refractivity contribution in [3.8, 4) is 17.6 Å². The predicted molar refractivity (Wildman–Crippen MR) is 95.6 cm³/mol. The minimum atomic E-state index is 0.569. The summed E-state index contributed by atoms with van der Waals surface area (Å²) in [4.78, 5) is 12.3. The zero-order chi connectivity index (χ0) is 16.2. The number of hydrogen-bond donors (Lipinski definition) is 2. The van der Waals surface area contributed by atoms with Crippen molar-refractivity contribution in [2.75, 3.05) is 6.26 Å². The number of rotatable bonds is 2. The molecule has 0 spiro atoms. The zero-order valence-electron chi connectivity index (χ0n) is 12.8. The molecule has 0 aliphatic heterocycles. The van der Waals surface area contributed by atoms with E-state index in [1.165, 1.54) is 17.3 Å². The molecule has 114 valence electrons. The quantitative estimate of drug-likeness (QED) is 0.324. The Kier molecular flexibility index (Phi) is 4.31. The number of hydrogen-bond acceptors (Lipinski definition) is 4. The van der Waals surface area contributed by atoms with E-state index < -0.39 is 0 Å². The molecule has 1 aromatic heterocycles. The van der Waals surface area contributed by atoms with Gasteiger partial charge in [0.05, 0.1) is 16.7 Å². The molecule has 0 radical (unpaired) electrons. The van der Waals surface area contributed by atoms with Gasteiger partial charge in [-0.05, 0) is 55.1 Å². The van der Waals surface area contributed by atoms with Gasteiger partial charge in [0.25, 0.3) is 0 Å². The monoisotopic (exact) mass is 321 g/mol. The molecule has 2 N–H and O–H groups in total. The maximum Gasteiger partial charge on any atom is 0.183 e. The van der Waals surface area contributed by atoms with Gasteiger partial charge in [-0.15, -0.1) is 0 Å². The van der Waals surface area contributed by atoms with Gasteiger partial charge < -0.3 is 4.98 Å². The van der Waals surface area contributed by atoms with E-state index in [2.05, 4.69) is 39.3 Å². The first kappa shape index (κ1) is 15.1. The summed E-state index contributed by atoms with van der Waals surface area (Å²) in [6.45, 7) is 2.06. The molecule has 0 aliphatic carbocycles. The molecular formula is C17H15N5S. The Morgan fingerprint density at radius 1 is 1.26 bits per heavy atom. The van der Waals surface area contributed by atoms with Crippen molar-refractivity contribution in [2.24, 2.45) is 4.99 Å². The van der Waals surface area contributed by atoms with E-state index in [0.717, 1.165) is 28.1 Å². The van der Waals surface area contributed by atoms with Crippen LogP contribution in [0, 0.1) is 18.4 Å². The topological polar surface area (TPSA) is 76.9 Å². The van der Waals surface area contributed by atoms with Crippen LogP contribution in [-0.4, -0.2) is 21.4 Å². The number of nitrogens with zero attached hydrogens (tertiary/aromatic N) is 3. The predicted octanol–water partition coefficient (Wildman–Crippen LogP) is 3.96. The SMILES string of the molecule is CSC(=Nc1ccc(-c2nc3ccc(C)cc3[nH]2)cc1)NC#N. The Labute approximate surface area is 138 Å². The highest BCUT2D eigenvalue weighted by Gasteiger charge is 2.05. The molecule has 2 aromatic carbocycles. The normalized spacial score (nSPS) is 11.4. The summed E-state index contributed by atoms with van der Waals surface area (Å²) in [5, 5.41) is 11.8. The number of nitriles is 1. The Hall–Kier alpha value is -2.78. The molecule has 0 unspecified atom stereocenters. The van der Waals surface area contributed by atoms with E-state index in [0.29, 0.717) is 5.17 Å². The average molecular weight is 321 g/mol. The number of aromatic amines is 1. The Morgan fingerprint density at radius 2 is 2.04 bits per heavy atom. The van der Waals surface area contributed by atoms with Crippen molar-refractivity contribution in [3.63, 3.8) is 0 Å². The molecule has 23 heavy (non-hydrogen) atoms. The third kappa shape index (κ3) is 3.35. The van der Waals surface area contributed by atoms with Gasteiger partial charge in [0, 0.05) is 5.56 Å². The van der Waals surface area contributed by atoms with Crippen molar-refractivity contribution < 1.29 is 0 Å². The second-order valence-corrected chi connectivity index (χ2v) is 5.81. The van der Waals surface area contributed by atoms with Crippen molar-refractivity contribution in [2.45, 2.75) is 6.92 Å². The van der Waals surface area contributed by atoms with Crippen LogP contribution in [0.2, 0.25) is 0 Å². The lowest BCUT2D eigenvalue weighted by Crippen LogP contribution is -2.12. The molecule has 5 nitrogen and oxygen atoms in total. The molecule has 0 fully saturated rings. The van der Waals surface area contributed by atoms with Gasteiger partial charge in [0.1, 0.15) is 5.82 Å². The molecule has 0 saturated carbocycles. The van der Waals surface area contributed by atoms with Crippen molar-refractivity contribution >= 4 is 33.7 Å². The average Bonchev–Trinajstić information content (AvgIpc) is 2.98. The van der Waals surface area contributed by atoms with Crippen LogP contribution in [-0.2, 0) is 0 Å². The first-order chi connectivity index (χ1) is 11.2. The molecule has 0 atom stereocenters. The first-order valence-corrected chi connectivity index (χ1v) is 8.26. The number of nitrogens with one attached hydrogen (secondary N) is 2. The van der Waals surface area contributed by atoms with Gasteiger partial charge in [-0.1, -0.05) is 17.8 Å². The smallest absolute Gasteiger partial charge is 0.183 e. The van der Waals surface area contributed by atoms with E-state index in [9.17, 15) is 0 Å². The highest BCUT2D eigenvalue weighted by Crippen LogP contribution is 2.24. The first-order valence-electron chi connectivity index (χ1n) is 7.04. The Balaban J connectivity index is 1.90. The van der Waals surface area contributed by atoms with Crippen molar-refractivity contribution in [1.29, 1.82) is 5.26 Å². The Bertz CT molecular complexity index is 903. The van der Waals surface area contributed by atoms with Crippen LogP contribution in [0.15, 0.2) is 47.5 Å². The lowest BCUT2D eigenvalue weighted by atomic mass is 10.2. The molecule has 3 rings (SSSR count). The third-order valence-electron chi connectivity index (χ3n) is 3.36. The van der Waals surface area contributed by atoms with E-state index >= 15 is 0 Å². The van der Waals surface area contributed by atoms with E-state index in [1.807, 2.05) is 42.8 Å². The second-order valence-electron chi connectivity index (χ2n) is 5.01. The zero-order valence-corrected chi connectivity index (χ0v) is 13.6. The van der Waals surface area contributed by atoms with Gasteiger partial charge in [0.2, 0.25) is 0 Å². The largest absolute Gasteiger partial charge is 0.338 e. The van der Waals surface area contributed by atoms with E-state index in [4.69, 9.17) is 5.26 Å². The highest BCUT2D eigenvalue weighted by atomic mass is 32.2. The van der Waals surface area contributed by atoms with Crippen LogP contribution < -0.4 is 5.32 Å². The van der Waals surface area contributed by atoms with Crippen LogP contribution in [0.1, 0.15) is 5.56 Å². The number of benzene rings is 2. The molecule has 0 bridgehead atoms. The highest BCUT2D eigenvalue weighted by molar-refractivity contribution is 8.13. The van der Waals surface area contributed by atoms with Crippen molar-refractivity contribution in [1.82, 2.24) is 15.3 Å². The fourth-order valence-corrected chi connectivity index (χ4v) is 2.59. The van der Waals surface area contributed by atoms with Crippen molar-refractivity contribution in [3.05, 3.63) is 48.0 Å². The third-order valence-corrected chi connectivity index (χ3v) is 3.94. The summed E-state index contributed by atoms with van der Waals surface area (Å²) < 4.78 is 0. The summed E-state index contributed by atoms with van der Waals surface area (Å²) >= 11 is 1.39. The summed E-state index contributed by atoms with van der Waals surface area (Å²) in [5.41, 5.74) is 4.97. The fourth-order valence-electron chi connectivity index (χ4n) is 2.24. The molecule has 0 amide bonds. The maximum atomic E-state index is 8.66. The van der Waals surface area contributed by atoms with E-state index in [-0.39, 0.29) is 0 Å². The standard InChI is InChI=1S/C17H15N5S/c1-11-3-8-14-15(9-11)22-16(21-14)12-4-6-13(7-5-12)20-17(23-2)19-10-18/h3-9H,1-2H3,(H,19,20)(H,21,22). The number of fused-ring (bicyclic) bond motifs is 1. The number of imidazole rings is 1. The number of thioether (sulfide) groups is 1. The van der Waals surface area contributed by atoms with Gasteiger partial charge in [-0.2, -0.15) is 5.26 Å². The summed E-state index contributed by atoms with van der Waals surface area (Å²) in [6, 6.07) is 13.9. The molecule has 6 heteroatoms. The number of amidine groups is 1. The fraction of sp³-hybridized carbons (Fsp3) is 0.118. The van der Waals surface area contributed by atoms with E-state index in [1.54, 1.807) is 0 Å².